The number of benzene rings is 1. The van der Waals surface area contributed by atoms with Gasteiger partial charge in [0.25, 0.3) is 0 Å². The average Bonchev–Trinajstić information content (AvgIpc) is 2.81. The molecule has 4 heteroatoms. The average molecular weight is 281 g/mol. The smallest absolute Gasteiger partial charge is 0.180 e. The maximum atomic E-state index is 5.90. The first-order valence-electron chi connectivity index (χ1n) is 6.43. The minimum Gasteiger partial charge on any atom is -0.375 e. The van der Waals surface area contributed by atoms with Crippen molar-refractivity contribution in [3.63, 3.8) is 0 Å². The first kappa shape index (κ1) is 12.8. The second kappa shape index (κ2) is 5.43. The number of thiazole rings is 1. The van der Waals surface area contributed by atoms with E-state index in [1.54, 1.807) is 11.3 Å². The number of nitrogen functional groups attached to an aromatic ring is 1. The molecular formula is C16H15N3S. The SMILES string of the molecule is Cc1cccc(-c2nc(N)sc2Cc2ccncc2)c1. The lowest BCUT2D eigenvalue weighted by molar-refractivity contribution is 1.18. The first-order chi connectivity index (χ1) is 9.72. The van der Waals surface area contributed by atoms with Crippen molar-refractivity contribution in [3.05, 3.63) is 64.8 Å². The lowest BCUT2D eigenvalue weighted by Gasteiger charge is -2.03. The number of anilines is 1. The number of nitrogens with zero attached hydrogens (tertiary/aromatic N) is 2. The minimum atomic E-state index is 0.616. The molecule has 0 aliphatic heterocycles. The highest BCUT2D eigenvalue weighted by Crippen LogP contribution is 2.31. The largest absolute Gasteiger partial charge is 0.375 e. The van der Waals surface area contributed by atoms with E-state index in [0.29, 0.717) is 5.13 Å². The van der Waals surface area contributed by atoms with Crippen molar-refractivity contribution >= 4 is 16.5 Å². The van der Waals surface area contributed by atoms with Crippen molar-refractivity contribution in [1.29, 1.82) is 0 Å². The van der Waals surface area contributed by atoms with Crippen molar-refractivity contribution in [2.24, 2.45) is 0 Å². The maximum absolute atomic E-state index is 5.90. The van der Waals surface area contributed by atoms with Crippen LogP contribution in [0.1, 0.15) is 16.0 Å². The van der Waals surface area contributed by atoms with Crippen LogP contribution in [0.15, 0.2) is 48.8 Å². The number of nitrogens with two attached hydrogens (primary N) is 1. The first-order valence-corrected chi connectivity index (χ1v) is 7.25. The summed E-state index contributed by atoms with van der Waals surface area (Å²) in [6, 6.07) is 12.4. The lowest BCUT2D eigenvalue weighted by atomic mass is 10.1. The van der Waals surface area contributed by atoms with Crippen LogP contribution in [0, 0.1) is 6.92 Å². The van der Waals surface area contributed by atoms with Gasteiger partial charge in [0.1, 0.15) is 0 Å². The van der Waals surface area contributed by atoms with Crippen LogP contribution in [-0.2, 0) is 6.42 Å². The van der Waals surface area contributed by atoms with E-state index in [0.717, 1.165) is 17.7 Å². The zero-order valence-electron chi connectivity index (χ0n) is 11.2. The van der Waals surface area contributed by atoms with E-state index < -0.39 is 0 Å². The van der Waals surface area contributed by atoms with Crippen molar-refractivity contribution in [3.8, 4) is 11.3 Å². The van der Waals surface area contributed by atoms with E-state index in [1.165, 1.54) is 16.0 Å². The fourth-order valence-electron chi connectivity index (χ4n) is 2.19. The van der Waals surface area contributed by atoms with Crippen molar-refractivity contribution in [1.82, 2.24) is 9.97 Å². The van der Waals surface area contributed by atoms with E-state index in [4.69, 9.17) is 5.73 Å². The molecule has 20 heavy (non-hydrogen) atoms. The monoisotopic (exact) mass is 281 g/mol. The quantitative estimate of drug-likeness (QED) is 0.796. The van der Waals surface area contributed by atoms with Crippen LogP contribution in [-0.4, -0.2) is 9.97 Å². The van der Waals surface area contributed by atoms with Gasteiger partial charge in [0, 0.05) is 29.3 Å². The third-order valence-corrected chi connectivity index (χ3v) is 4.00. The van der Waals surface area contributed by atoms with E-state index in [1.807, 2.05) is 24.5 Å². The molecule has 3 rings (SSSR count). The Balaban J connectivity index is 2.00. The van der Waals surface area contributed by atoms with Crippen LogP contribution in [0.25, 0.3) is 11.3 Å². The number of aromatic nitrogens is 2. The Labute approximate surface area is 122 Å². The summed E-state index contributed by atoms with van der Waals surface area (Å²) in [7, 11) is 0. The summed E-state index contributed by atoms with van der Waals surface area (Å²) in [4.78, 5) is 9.74. The molecule has 2 N–H and O–H groups in total. The Morgan fingerprint density at radius 3 is 2.70 bits per heavy atom. The summed E-state index contributed by atoms with van der Waals surface area (Å²) < 4.78 is 0. The van der Waals surface area contributed by atoms with E-state index >= 15 is 0 Å². The Bertz CT molecular complexity index is 720. The molecule has 0 fully saturated rings. The molecule has 100 valence electrons. The number of hydrogen-bond acceptors (Lipinski definition) is 4. The number of hydrogen-bond donors (Lipinski definition) is 1. The number of rotatable bonds is 3. The third-order valence-electron chi connectivity index (χ3n) is 3.12. The molecular weight excluding hydrogens is 266 g/mol. The molecule has 3 nitrogen and oxygen atoms in total. The van der Waals surface area contributed by atoms with Gasteiger partial charge in [-0.1, -0.05) is 23.8 Å². The van der Waals surface area contributed by atoms with E-state index in [2.05, 4.69) is 41.2 Å². The molecule has 0 atom stereocenters. The molecule has 0 bridgehead atoms. The fourth-order valence-corrected chi connectivity index (χ4v) is 3.08. The molecule has 3 aromatic rings. The van der Waals surface area contributed by atoms with Crippen LogP contribution < -0.4 is 5.73 Å². The summed E-state index contributed by atoms with van der Waals surface area (Å²) in [5.41, 5.74) is 10.5. The third kappa shape index (κ3) is 2.70. The summed E-state index contributed by atoms with van der Waals surface area (Å²) in [5, 5.41) is 0.616. The highest BCUT2D eigenvalue weighted by atomic mass is 32.1. The molecule has 0 saturated heterocycles. The normalized spacial score (nSPS) is 10.7. The Morgan fingerprint density at radius 1 is 1.15 bits per heavy atom. The van der Waals surface area contributed by atoms with E-state index in [9.17, 15) is 0 Å². The van der Waals surface area contributed by atoms with E-state index in [-0.39, 0.29) is 0 Å². The lowest BCUT2D eigenvalue weighted by Crippen LogP contribution is -1.90. The van der Waals surface area contributed by atoms with Crippen molar-refractivity contribution < 1.29 is 0 Å². The number of aryl methyl sites for hydroxylation is 1. The molecule has 0 spiro atoms. The van der Waals surface area contributed by atoms with Gasteiger partial charge in [-0.3, -0.25) is 4.98 Å². The summed E-state index contributed by atoms with van der Waals surface area (Å²) in [5.74, 6) is 0. The predicted octanol–water partition coefficient (Wildman–Crippen LogP) is 3.69. The molecule has 0 unspecified atom stereocenters. The van der Waals surface area contributed by atoms with Crippen LogP contribution in [0.5, 0.6) is 0 Å². The van der Waals surface area contributed by atoms with Gasteiger partial charge in [-0.25, -0.2) is 4.98 Å². The van der Waals surface area contributed by atoms with Gasteiger partial charge in [-0.15, -0.1) is 11.3 Å². The summed E-state index contributed by atoms with van der Waals surface area (Å²) >= 11 is 1.56. The van der Waals surface area contributed by atoms with Gasteiger partial charge in [0.05, 0.1) is 5.69 Å². The fraction of sp³-hybridized carbons (Fsp3) is 0.125. The van der Waals surface area contributed by atoms with Gasteiger partial charge >= 0.3 is 0 Å². The molecule has 0 amide bonds. The summed E-state index contributed by atoms with van der Waals surface area (Å²) in [6.45, 7) is 2.09. The highest BCUT2D eigenvalue weighted by molar-refractivity contribution is 7.15. The maximum Gasteiger partial charge on any atom is 0.180 e. The van der Waals surface area contributed by atoms with Gasteiger partial charge in [-0.2, -0.15) is 0 Å². The van der Waals surface area contributed by atoms with Crippen LogP contribution in [0.3, 0.4) is 0 Å². The second-order valence-corrected chi connectivity index (χ2v) is 5.84. The molecule has 2 heterocycles. The molecule has 0 radical (unpaired) electrons. The van der Waals surface area contributed by atoms with Gasteiger partial charge in [0.15, 0.2) is 5.13 Å². The molecule has 0 aliphatic rings. The Kier molecular flexibility index (Phi) is 3.48. The van der Waals surface area contributed by atoms with Gasteiger partial charge in [0.2, 0.25) is 0 Å². The highest BCUT2D eigenvalue weighted by Gasteiger charge is 2.12. The van der Waals surface area contributed by atoms with Crippen LogP contribution >= 0.6 is 11.3 Å². The molecule has 0 saturated carbocycles. The summed E-state index contributed by atoms with van der Waals surface area (Å²) in [6.07, 6.45) is 4.46. The zero-order valence-corrected chi connectivity index (χ0v) is 12.0. The van der Waals surface area contributed by atoms with Crippen molar-refractivity contribution in [2.45, 2.75) is 13.3 Å². The van der Waals surface area contributed by atoms with Crippen LogP contribution in [0.2, 0.25) is 0 Å². The Morgan fingerprint density at radius 2 is 1.95 bits per heavy atom. The molecule has 1 aromatic carbocycles. The Hall–Kier alpha value is -2.20. The van der Waals surface area contributed by atoms with Crippen molar-refractivity contribution in [2.75, 3.05) is 5.73 Å². The number of pyridine rings is 1. The standard InChI is InChI=1S/C16H15N3S/c1-11-3-2-4-13(9-11)15-14(20-16(17)19-15)10-12-5-7-18-8-6-12/h2-9H,10H2,1H3,(H2,17,19). The molecule has 0 aliphatic carbocycles. The van der Waals surface area contributed by atoms with Gasteiger partial charge < -0.3 is 5.73 Å². The molecule has 2 aromatic heterocycles. The van der Waals surface area contributed by atoms with Crippen LogP contribution in [0.4, 0.5) is 5.13 Å². The zero-order chi connectivity index (χ0) is 13.9. The van der Waals surface area contributed by atoms with Gasteiger partial charge in [-0.05, 0) is 30.7 Å². The predicted molar refractivity (Wildman–Crippen MR) is 83.7 cm³/mol. The minimum absolute atomic E-state index is 0.616. The second-order valence-electron chi connectivity index (χ2n) is 4.73. The topological polar surface area (TPSA) is 51.8 Å².